The molecule has 0 aliphatic carbocycles. The van der Waals surface area contributed by atoms with E-state index in [1.807, 2.05) is 23.7 Å². The Labute approximate surface area is 147 Å². The topological polar surface area (TPSA) is 37.3 Å². The van der Waals surface area contributed by atoms with Crippen LogP contribution in [0.4, 0.5) is 4.39 Å². The average Bonchev–Trinajstić information content (AvgIpc) is 3.01. The summed E-state index contributed by atoms with van der Waals surface area (Å²) >= 11 is 0. The lowest BCUT2D eigenvalue weighted by Crippen LogP contribution is -2.62. The maximum Gasteiger partial charge on any atom is 0.268 e. The van der Waals surface area contributed by atoms with Gasteiger partial charge in [0.15, 0.2) is 0 Å². The third-order valence-corrected chi connectivity index (χ3v) is 5.97. The number of halogens is 1. The van der Waals surface area contributed by atoms with E-state index in [0.29, 0.717) is 17.7 Å². The van der Waals surface area contributed by atoms with Gasteiger partial charge < -0.3 is 9.88 Å². The smallest absolute Gasteiger partial charge is 0.268 e. The molecule has 1 N–H and O–H groups in total. The highest BCUT2D eigenvalue weighted by atomic mass is 19.1. The molecule has 132 valence electrons. The van der Waals surface area contributed by atoms with Gasteiger partial charge in [-0.15, -0.1) is 0 Å². The molecule has 1 aromatic carbocycles. The molecule has 0 spiro atoms. The summed E-state index contributed by atoms with van der Waals surface area (Å²) in [5, 5.41) is 3.27. The van der Waals surface area contributed by atoms with E-state index in [4.69, 9.17) is 0 Å². The molecule has 3 saturated heterocycles. The lowest BCUT2D eigenvalue weighted by Gasteiger charge is -2.49. The number of benzene rings is 1. The minimum Gasteiger partial charge on any atom is -0.346 e. The standard InChI is InChI=1S/C20H24FN3O/c1-13-19(15-9-11-24(13)12-10-15)22-20(25)18-8-7-17(23(18)2)14-3-5-16(21)6-4-14/h3-8,13,15,19H,9-12H2,1-2H3,(H,22,25)/t13-,19-/m0/s1. The molecule has 1 aromatic heterocycles. The first-order valence-electron chi connectivity index (χ1n) is 9.01. The number of piperidine rings is 3. The van der Waals surface area contributed by atoms with Gasteiger partial charge >= 0.3 is 0 Å². The van der Waals surface area contributed by atoms with Crippen LogP contribution in [-0.2, 0) is 7.05 Å². The number of nitrogens with zero attached hydrogens (tertiary/aromatic N) is 2. The second kappa shape index (κ2) is 6.30. The summed E-state index contributed by atoms with van der Waals surface area (Å²) in [6.45, 7) is 4.51. The van der Waals surface area contributed by atoms with E-state index in [2.05, 4.69) is 17.1 Å². The van der Waals surface area contributed by atoms with E-state index in [0.717, 1.165) is 24.3 Å². The first-order chi connectivity index (χ1) is 12.0. The van der Waals surface area contributed by atoms with Crippen LogP contribution in [0.5, 0.6) is 0 Å². The van der Waals surface area contributed by atoms with Gasteiger partial charge in [-0.25, -0.2) is 4.39 Å². The summed E-state index contributed by atoms with van der Waals surface area (Å²) in [5.74, 6) is 0.300. The minimum atomic E-state index is -0.257. The predicted octanol–water partition coefficient (Wildman–Crippen LogP) is 3.04. The van der Waals surface area contributed by atoms with Gasteiger partial charge in [0.1, 0.15) is 11.5 Å². The molecule has 5 heteroatoms. The number of carbonyl (C=O) groups excluding carboxylic acids is 1. The highest BCUT2D eigenvalue weighted by molar-refractivity contribution is 5.94. The van der Waals surface area contributed by atoms with Crippen LogP contribution in [0.15, 0.2) is 36.4 Å². The third-order valence-electron chi connectivity index (χ3n) is 5.97. The predicted molar refractivity (Wildman–Crippen MR) is 95.8 cm³/mol. The maximum atomic E-state index is 13.1. The molecule has 3 fully saturated rings. The number of carbonyl (C=O) groups is 1. The van der Waals surface area contributed by atoms with Gasteiger partial charge in [0.25, 0.3) is 5.91 Å². The number of hydrogen-bond donors (Lipinski definition) is 1. The normalized spacial score (nSPS) is 28.1. The Morgan fingerprint density at radius 1 is 1.12 bits per heavy atom. The molecule has 3 aliphatic heterocycles. The summed E-state index contributed by atoms with van der Waals surface area (Å²) in [5.41, 5.74) is 2.45. The van der Waals surface area contributed by atoms with E-state index in [1.54, 1.807) is 12.1 Å². The highest BCUT2D eigenvalue weighted by Crippen LogP contribution is 2.32. The van der Waals surface area contributed by atoms with Crippen molar-refractivity contribution < 1.29 is 9.18 Å². The number of rotatable bonds is 3. The molecule has 0 unspecified atom stereocenters. The number of hydrogen-bond acceptors (Lipinski definition) is 2. The second-order valence-electron chi connectivity index (χ2n) is 7.28. The maximum absolute atomic E-state index is 13.1. The SMILES string of the molecule is C[C@H]1[C@H](NC(=O)c2ccc(-c3ccc(F)cc3)n2C)C2CCN1CC2. The molecule has 2 bridgehead atoms. The monoisotopic (exact) mass is 341 g/mol. The zero-order valence-corrected chi connectivity index (χ0v) is 14.7. The molecule has 0 radical (unpaired) electrons. The van der Waals surface area contributed by atoms with Crippen molar-refractivity contribution in [2.45, 2.75) is 31.8 Å². The Hall–Kier alpha value is -2.14. The zero-order chi connectivity index (χ0) is 17.6. The lowest BCUT2D eigenvalue weighted by molar-refractivity contribution is 0.0215. The van der Waals surface area contributed by atoms with Crippen molar-refractivity contribution in [3.63, 3.8) is 0 Å². The van der Waals surface area contributed by atoms with Crippen LogP contribution >= 0.6 is 0 Å². The van der Waals surface area contributed by atoms with Gasteiger partial charge in [-0.3, -0.25) is 9.69 Å². The van der Waals surface area contributed by atoms with Crippen LogP contribution in [0, 0.1) is 11.7 Å². The molecule has 3 aliphatic rings. The molecule has 5 rings (SSSR count). The first-order valence-corrected chi connectivity index (χ1v) is 9.01. The molecule has 1 amide bonds. The van der Waals surface area contributed by atoms with Gasteiger partial charge in [-0.1, -0.05) is 0 Å². The molecule has 4 nitrogen and oxygen atoms in total. The van der Waals surface area contributed by atoms with Crippen LogP contribution in [-0.4, -0.2) is 40.5 Å². The molecule has 4 heterocycles. The van der Waals surface area contributed by atoms with Crippen LogP contribution in [0.3, 0.4) is 0 Å². The van der Waals surface area contributed by atoms with E-state index in [9.17, 15) is 9.18 Å². The van der Waals surface area contributed by atoms with Crippen molar-refractivity contribution in [3.8, 4) is 11.3 Å². The van der Waals surface area contributed by atoms with Crippen LogP contribution in [0.25, 0.3) is 11.3 Å². The van der Waals surface area contributed by atoms with E-state index in [1.165, 1.54) is 25.0 Å². The Kier molecular flexibility index (Phi) is 4.12. The van der Waals surface area contributed by atoms with E-state index >= 15 is 0 Å². The van der Waals surface area contributed by atoms with Crippen molar-refractivity contribution in [2.75, 3.05) is 13.1 Å². The summed E-state index contributed by atoms with van der Waals surface area (Å²) in [6, 6.07) is 10.7. The van der Waals surface area contributed by atoms with Crippen molar-refractivity contribution in [1.29, 1.82) is 0 Å². The molecule has 2 aromatic rings. The van der Waals surface area contributed by atoms with E-state index < -0.39 is 0 Å². The number of fused-ring (bicyclic) bond motifs is 3. The zero-order valence-electron chi connectivity index (χ0n) is 14.7. The van der Waals surface area contributed by atoms with Gasteiger partial charge in [-0.2, -0.15) is 0 Å². The van der Waals surface area contributed by atoms with Gasteiger partial charge in [0.2, 0.25) is 0 Å². The number of aromatic nitrogens is 1. The number of amides is 1. The Morgan fingerprint density at radius 2 is 1.80 bits per heavy atom. The minimum absolute atomic E-state index is 0.0264. The fourth-order valence-electron chi connectivity index (χ4n) is 4.42. The Balaban J connectivity index is 1.54. The van der Waals surface area contributed by atoms with Crippen LogP contribution in [0.2, 0.25) is 0 Å². The molecule has 25 heavy (non-hydrogen) atoms. The van der Waals surface area contributed by atoms with Gasteiger partial charge in [-0.05, 0) is 80.7 Å². The summed E-state index contributed by atoms with van der Waals surface area (Å²) in [4.78, 5) is 15.3. The van der Waals surface area contributed by atoms with Gasteiger partial charge in [0.05, 0.1) is 0 Å². The Morgan fingerprint density at radius 3 is 2.44 bits per heavy atom. The Bertz CT molecular complexity index is 773. The fraction of sp³-hybridized carbons (Fsp3) is 0.450. The summed E-state index contributed by atoms with van der Waals surface area (Å²) in [6.07, 6.45) is 2.34. The fourth-order valence-corrected chi connectivity index (χ4v) is 4.42. The largest absolute Gasteiger partial charge is 0.346 e. The van der Waals surface area contributed by atoms with Gasteiger partial charge in [0, 0.05) is 24.8 Å². The highest BCUT2D eigenvalue weighted by Gasteiger charge is 2.40. The third kappa shape index (κ3) is 2.86. The summed E-state index contributed by atoms with van der Waals surface area (Å²) in [7, 11) is 1.88. The average molecular weight is 341 g/mol. The quantitative estimate of drug-likeness (QED) is 0.932. The van der Waals surface area contributed by atoms with Crippen LogP contribution in [0.1, 0.15) is 30.3 Å². The van der Waals surface area contributed by atoms with Crippen molar-refractivity contribution >= 4 is 5.91 Å². The molecule has 0 saturated carbocycles. The van der Waals surface area contributed by atoms with Crippen molar-refractivity contribution in [2.24, 2.45) is 13.0 Å². The number of nitrogens with one attached hydrogen (secondary N) is 1. The lowest BCUT2D eigenvalue weighted by atomic mass is 9.79. The molecule has 2 atom stereocenters. The summed E-state index contributed by atoms with van der Waals surface area (Å²) < 4.78 is 15.0. The second-order valence-corrected chi connectivity index (χ2v) is 7.28. The first kappa shape index (κ1) is 16.3. The van der Waals surface area contributed by atoms with Crippen molar-refractivity contribution in [1.82, 2.24) is 14.8 Å². The molecular weight excluding hydrogens is 317 g/mol. The van der Waals surface area contributed by atoms with Crippen molar-refractivity contribution in [3.05, 3.63) is 47.9 Å². The molecular formula is C20H24FN3O. The van der Waals surface area contributed by atoms with Crippen LogP contribution < -0.4 is 5.32 Å². The van der Waals surface area contributed by atoms with E-state index in [-0.39, 0.29) is 17.8 Å².